The molecule has 1 aromatic rings. The number of ether oxygens (including phenoxy) is 1. The average Bonchev–Trinajstić information content (AvgIpc) is 2.33. The topological polar surface area (TPSA) is 60.4 Å². The predicted molar refractivity (Wildman–Crippen MR) is 67.8 cm³/mol. The second kappa shape index (κ2) is 3.76. The molecule has 0 N–H and O–H groups in total. The van der Waals surface area contributed by atoms with Crippen molar-refractivity contribution in [3.8, 4) is 5.75 Å². The van der Waals surface area contributed by atoms with Gasteiger partial charge in [-0.3, -0.25) is 14.4 Å². The molecule has 4 nitrogen and oxygen atoms in total. The zero-order valence-corrected chi connectivity index (χ0v) is 10.9. The number of rotatable bonds is 0. The minimum Gasteiger partial charge on any atom is -0.488 e. The Morgan fingerprint density at radius 2 is 1.84 bits per heavy atom. The van der Waals surface area contributed by atoms with Crippen LogP contribution in [0.3, 0.4) is 0 Å². The zero-order valence-electron chi connectivity index (χ0n) is 10.9. The van der Waals surface area contributed by atoms with Gasteiger partial charge >= 0.3 is 0 Å². The maximum absolute atomic E-state index is 12.0. The van der Waals surface area contributed by atoms with Crippen molar-refractivity contribution in [2.45, 2.75) is 38.7 Å². The lowest BCUT2D eigenvalue weighted by Gasteiger charge is -2.34. The molecule has 1 heterocycles. The van der Waals surface area contributed by atoms with Crippen molar-refractivity contribution in [3.05, 3.63) is 28.8 Å². The molecule has 4 heteroatoms. The number of ketones is 3. The Hall–Kier alpha value is -1.97. The Balaban J connectivity index is 2.19. The molecule has 0 saturated carbocycles. The molecule has 1 aromatic carbocycles. The summed E-state index contributed by atoms with van der Waals surface area (Å²) in [4.78, 5) is 35.3. The van der Waals surface area contributed by atoms with Gasteiger partial charge in [-0.1, -0.05) is 0 Å². The van der Waals surface area contributed by atoms with Crippen LogP contribution >= 0.6 is 0 Å². The molecule has 0 atom stereocenters. The molecular formula is C15H14O4. The molecule has 3 rings (SSSR count). The highest BCUT2D eigenvalue weighted by molar-refractivity contribution is 6.50. The van der Waals surface area contributed by atoms with Crippen molar-refractivity contribution in [2.75, 3.05) is 0 Å². The Labute approximate surface area is 110 Å². The third kappa shape index (κ3) is 1.79. The van der Waals surface area contributed by atoms with Crippen LogP contribution in [0, 0.1) is 0 Å². The summed E-state index contributed by atoms with van der Waals surface area (Å²) in [5.74, 6) is -0.776. The molecule has 98 valence electrons. The monoisotopic (exact) mass is 258 g/mol. The van der Waals surface area contributed by atoms with Crippen LogP contribution in [-0.2, 0) is 11.2 Å². The van der Waals surface area contributed by atoms with E-state index in [1.165, 1.54) is 6.07 Å². The maximum Gasteiger partial charge on any atom is 0.229 e. The molecule has 0 radical (unpaired) electrons. The van der Waals surface area contributed by atoms with Gasteiger partial charge in [-0.15, -0.1) is 0 Å². The predicted octanol–water partition coefficient (Wildman–Crippen LogP) is 2.13. The van der Waals surface area contributed by atoms with Crippen LogP contribution in [0.25, 0.3) is 0 Å². The fourth-order valence-electron chi connectivity index (χ4n) is 2.72. The highest BCUT2D eigenvalue weighted by Crippen LogP contribution is 2.38. The number of carbonyl (C=O) groups is 3. The standard InChI is InChI=1S/C15H14O4/c1-15(2)6-5-8-12(19-15)4-3-9-13(8)10(16)7-11(17)14(9)18/h3-4H,5-7H2,1-2H3. The maximum atomic E-state index is 12.0. The first-order chi connectivity index (χ1) is 8.89. The summed E-state index contributed by atoms with van der Waals surface area (Å²) in [5.41, 5.74) is 1.15. The van der Waals surface area contributed by atoms with Crippen molar-refractivity contribution in [1.82, 2.24) is 0 Å². The molecule has 0 unspecified atom stereocenters. The summed E-state index contributed by atoms with van der Waals surface area (Å²) in [6, 6.07) is 3.23. The molecule has 1 aliphatic carbocycles. The summed E-state index contributed by atoms with van der Waals surface area (Å²) in [7, 11) is 0. The molecule has 2 aliphatic rings. The summed E-state index contributed by atoms with van der Waals surface area (Å²) in [5, 5.41) is 0. The molecule has 0 spiro atoms. The highest BCUT2D eigenvalue weighted by atomic mass is 16.5. The summed E-state index contributed by atoms with van der Waals surface area (Å²) < 4.78 is 5.85. The van der Waals surface area contributed by atoms with Crippen molar-refractivity contribution < 1.29 is 19.1 Å². The molecule has 0 saturated heterocycles. The van der Waals surface area contributed by atoms with Gasteiger partial charge < -0.3 is 4.74 Å². The van der Waals surface area contributed by atoms with E-state index in [2.05, 4.69) is 0 Å². The van der Waals surface area contributed by atoms with Gasteiger partial charge in [0.15, 0.2) is 5.78 Å². The lowest BCUT2D eigenvalue weighted by Crippen LogP contribution is -2.35. The summed E-state index contributed by atoms with van der Waals surface area (Å²) >= 11 is 0. The number of carbonyl (C=O) groups excluding carboxylic acids is 3. The second-order valence-electron chi connectivity index (χ2n) is 5.68. The van der Waals surface area contributed by atoms with Gasteiger partial charge in [-0.25, -0.2) is 0 Å². The van der Waals surface area contributed by atoms with Crippen LogP contribution in [-0.4, -0.2) is 23.0 Å². The number of benzene rings is 1. The van der Waals surface area contributed by atoms with Crippen LogP contribution in [0.4, 0.5) is 0 Å². The molecule has 0 bridgehead atoms. The molecule has 0 fully saturated rings. The Morgan fingerprint density at radius 1 is 1.11 bits per heavy atom. The van der Waals surface area contributed by atoms with Gasteiger partial charge in [0.2, 0.25) is 11.6 Å². The summed E-state index contributed by atoms with van der Waals surface area (Å²) in [6.45, 7) is 3.98. The Kier molecular flexibility index (Phi) is 2.39. The van der Waals surface area contributed by atoms with E-state index >= 15 is 0 Å². The second-order valence-corrected chi connectivity index (χ2v) is 5.68. The van der Waals surface area contributed by atoms with E-state index in [9.17, 15) is 14.4 Å². The molecule has 1 aliphatic heterocycles. The fraction of sp³-hybridized carbons (Fsp3) is 0.400. The first kappa shape index (κ1) is 12.1. The van der Waals surface area contributed by atoms with Gasteiger partial charge in [-0.2, -0.15) is 0 Å². The fourth-order valence-corrected chi connectivity index (χ4v) is 2.72. The average molecular weight is 258 g/mol. The van der Waals surface area contributed by atoms with E-state index in [1.807, 2.05) is 13.8 Å². The molecule has 0 aromatic heterocycles. The number of fused-ring (bicyclic) bond motifs is 3. The zero-order chi connectivity index (χ0) is 13.8. The third-order valence-corrected chi connectivity index (χ3v) is 3.73. The van der Waals surface area contributed by atoms with E-state index < -0.39 is 11.6 Å². The molecule has 19 heavy (non-hydrogen) atoms. The van der Waals surface area contributed by atoms with E-state index in [4.69, 9.17) is 4.74 Å². The van der Waals surface area contributed by atoms with Gasteiger partial charge in [0.1, 0.15) is 11.4 Å². The van der Waals surface area contributed by atoms with Crippen molar-refractivity contribution in [3.63, 3.8) is 0 Å². The normalized spacial score (nSPS) is 20.6. The number of hydrogen-bond acceptors (Lipinski definition) is 4. The van der Waals surface area contributed by atoms with Gasteiger partial charge in [0, 0.05) is 16.7 Å². The minimum absolute atomic E-state index is 0.239. The lowest BCUT2D eigenvalue weighted by molar-refractivity contribution is -0.114. The first-order valence-electron chi connectivity index (χ1n) is 6.35. The summed E-state index contributed by atoms with van der Waals surface area (Å²) in [6.07, 6.45) is 1.16. The van der Waals surface area contributed by atoms with Crippen LogP contribution in [0.1, 0.15) is 53.0 Å². The van der Waals surface area contributed by atoms with Crippen molar-refractivity contribution >= 4 is 17.3 Å². The Bertz CT molecular complexity index is 625. The smallest absolute Gasteiger partial charge is 0.229 e. The van der Waals surface area contributed by atoms with Gasteiger partial charge in [0.05, 0.1) is 6.42 Å². The number of Topliss-reactive ketones (excluding diaryl/α,β-unsaturated/α-hetero) is 3. The van der Waals surface area contributed by atoms with Gasteiger partial charge in [-0.05, 0) is 38.8 Å². The Morgan fingerprint density at radius 3 is 2.58 bits per heavy atom. The largest absolute Gasteiger partial charge is 0.488 e. The van der Waals surface area contributed by atoms with Crippen LogP contribution in [0.2, 0.25) is 0 Å². The molecule has 0 amide bonds. The van der Waals surface area contributed by atoms with Gasteiger partial charge in [0.25, 0.3) is 0 Å². The van der Waals surface area contributed by atoms with Crippen molar-refractivity contribution in [2.24, 2.45) is 0 Å². The van der Waals surface area contributed by atoms with Crippen LogP contribution < -0.4 is 4.74 Å². The van der Waals surface area contributed by atoms with Crippen LogP contribution in [0.5, 0.6) is 5.75 Å². The van der Waals surface area contributed by atoms with Crippen molar-refractivity contribution in [1.29, 1.82) is 0 Å². The lowest BCUT2D eigenvalue weighted by atomic mass is 9.82. The SMILES string of the molecule is CC1(C)CCc2c(ccc3c2C(=O)CC(=O)C3=O)O1. The van der Waals surface area contributed by atoms with E-state index in [-0.39, 0.29) is 23.4 Å². The van der Waals surface area contributed by atoms with E-state index in [0.717, 1.165) is 12.0 Å². The van der Waals surface area contributed by atoms with Crippen LogP contribution in [0.15, 0.2) is 12.1 Å². The highest BCUT2D eigenvalue weighted by Gasteiger charge is 2.36. The van der Waals surface area contributed by atoms with E-state index in [0.29, 0.717) is 17.7 Å². The van der Waals surface area contributed by atoms with E-state index in [1.54, 1.807) is 6.07 Å². The molecular weight excluding hydrogens is 244 g/mol. The first-order valence-corrected chi connectivity index (χ1v) is 6.35. The minimum atomic E-state index is -0.616. The number of hydrogen-bond donors (Lipinski definition) is 0. The quantitative estimate of drug-likeness (QED) is 0.528. The third-order valence-electron chi connectivity index (χ3n) is 3.73.